The molecule has 0 radical (unpaired) electrons. The summed E-state index contributed by atoms with van der Waals surface area (Å²) in [5.74, 6) is 1.58. The van der Waals surface area contributed by atoms with Gasteiger partial charge in [0.25, 0.3) is 0 Å². The van der Waals surface area contributed by atoms with E-state index >= 15 is 0 Å². The minimum atomic E-state index is -0.310. The Labute approximate surface area is 151 Å². The van der Waals surface area contributed by atoms with Gasteiger partial charge in [-0.25, -0.2) is 4.79 Å². The predicted octanol–water partition coefficient (Wildman–Crippen LogP) is 2.31. The topological polar surface area (TPSA) is 65.3 Å². The van der Waals surface area contributed by atoms with E-state index in [9.17, 15) is 4.79 Å². The standard InChI is InChI=1S/C21H21NO4/c1-13-7-17-15(9-21(23)26-20(17)8-14(13)2)10-22-11-16-12-24-18-5-3-4-6-19(18)25-16/h3-9,16,22H,10-12H2,1-2H3/p+1/t16-/m1/s1. The average molecular weight is 352 g/mol. The van der Waals surface area contributed by atoms with Gasteiger partial charge in [-0.2, -0.15) is 0 Å². The summed E-state index contributed by atoms with van der Waals surface area (Å²) in [5.41, 5.74) is 3.63. The molecule has 0 fully saturated rings. The molecular weight excluding hydrogens is 330 g/mol. The maximum Gasteiger partial charge on any atom is 0.336 e. The van der Waals surface area contributed by atoms with Crippen LogP contribution in [0.5, 0.6) is 11.5 Å². The van der Waals surface area contributed by atoms with Crippen molar-refractivity contribution in [1.29, 1.82) is 0 Å². The fourth-order valence-corrected chi connectivity index (χ4v) is 3.26. The van der Waals surface area contributed by atoms with Crippen LogP contribution in [0.1, 0.15) is 16.7 Å². The van der Waals surface area contributed by atoms with Crippen LogP contribution in [0.3, 0.4) is 0 Å². The van der Waals surface area contributed by atoms with Crippen LogP contribution < -0.4 is 20.4 Å². The van der Waals surface area contributed by atoms with Crippen molar-refractivity contribution in [1.82, 2.24) is 0 Å². The molecule has 0 saturated heterocycles. The molecular formula is C21H22NO4+. The first-order valence-electron chi connectivity index (χ1n) is 8.84. The highest BCUT2D eigenvalue weighted by Gasteiger charge is 2.22. The fraction of sp³-hybridized carbons (Fsp3) is 0.286. The number of ether oxygens (including phenoxy) is 2. The van der Waals surface area contributed by atoms with Gasteiger partial charge in [0.15, 0.2) is 17.6 Å². The zero-order chi connectivity index (χ0) is 18.1. The molecule has 2 aromatic carbocycles. The number of benzene rings is 2. The molecule has 0 bridgehead atoms. The van der Waals surface area contributed by atoms with Crippen molar-refractivity contribution in [3.63, 3.8) is 0 Å². The molecule has 5 heteroatoms. The molecule has 134 valence electrons. The second-order valence-corrected chi connectivity index (χ2v) is 6.75. The van der Waals surface area contributed by atoms with Gasteiger partial charge in [-0.1, -0.05) is 12.1 Å². The Balaban J connectivity index is 1.47. The Hall–Kier alpha value is -2.79. The normalized spacial score (nSPS) is 16.0. The van der Waals surface area contributed by atoms with E-state index in [-0.39, 0.29) is 11.7 Å². The molecule has 1 aliphatic heterocycles. The van der Waals surface area contributed by atoms with E-state index in [1.54, 1.807) is 6.07 Å². The summed E-state index contributed by atoms with van der Waals surface area (Å²) in [5, 5.41) is 3.14. The summed E-state index contributed by atoms with van der Waals surface area (Å²) in [6.07, 6.45) is -0.0136. The number of hydrogen-bond donors (Lipinski definition) is 1. The second-order valence-electron chi connectivity index (χ2n) is 6.75. The summed E-state index contributed by atoms with van der Waals surface area (Å²) >= 11 is 0. The quantitative estimate of drug-likeness (QED) is 0.732. The zero-order valence-corrected chi connectivity index (χ0v) is 15.0. The molecule has 0 saturated carbocycles. The number of hydrogen-bond acceptors (Lipinski definition) is 4. The molecule has 1 aromatic heterocycles. The Morgan fingerprint density at radius 2 is 1.85 bits per heavy atom. The van der Waals surface area contributed by atoms with Gasteiger partial charge >= 0.3 is 5.63 Å². The van der Waals surface area contributed by atoms with Gasteiger partial charge < -0.3 is 19.2 Å². The van der Waals surface area contributed by atoms with Crippen LogP contribution in [-0.4, -0.2) is 19.3 Å². The molecule has 0 unspecified atom stereocenters. The van der Waals surface area contributed by atoms with Crippen LogP contribution in [-0.2, 0) is 6.54 Å². The summed E-state index contributed by atoms with van der Waals surface area (Å²) in [7, 11) is 0. The SMILES string of the molecule is Cc1cc2oc(=O)cc(C[NH2+]C[C@@H]3COc4ccccc4O3)c2cc1C. The molecule has 5 nitrogen and oxygen atoms in total. The van der Waals surface area contributed by atoms with Crippen molar-refractivity contribution in [2.24, 2.45) is 0 Å². The number of rotatable bonds is 4. The molecule has 4 rings (SSSR count). The van der Waals surface area contributed by atoms with E-state index < -0.39 is 0 Å². The average Bonchev–Trinajstić information content (AvgIpc) is 2.63. The third-order valence-electron chi connectivity index (χ3n) is 4.81. The van der Waals surface area contributed by atoms with E-state index in [4.69, 9.17) is 13.9 Å². The van der Waals surface area contributed by atoms with E-state index in [2.05, 4.69) is 18.3 Å². The minimum absolute atomic E-state index is 0.0136. The number of nitrogens with two attached hydrogens (primary N) is 1. The summed E-state index contributed by atoms with van der Waals surface area (Å²) < 4.78 is 17.1. The van der Waals surface area contributed by atoms with Crippen LogP contribution in [0.25, 0.3) is 11.0 Å². The van der Waals surface area contributed by atoms with Crippen LogP contribution >= 0.6 is 0 Å². The van der Waals surface area contributed by atoms with E-state index in [0.717, 1.165) is 34.6 Å². The van der Waals surface area contributed by atoms with Gasteiger partial charge in [-0.3, -0.25) is 0 Å². The number of fused-ring (bicyclic) bond motifs is 2. The highest BCUT2D eigenvalue weighted by atomic mass is 16.6. The number of aryl methyl sites for hydroxylation is 2. The van der Waals surface area contributed by atoms with Crippen LogP contribution in [0.4, 0.5) is 0 Å². The molecule has 2 N–H and O–H groups in total. The van der Waals surface area contributed by atoms with Crippen LogP contribution in [0.2, 0.25) is 0 Å². The fourth-order valence-electron chi connectivity index (χ4n) is 3.26. The molecule has 0 spiro atoms. The lowest BCUT2D eigenvalue weighted by atomic mass is 10.0. The molecule has 0 amide bonds. The maximum absolute atomic E-state index is 11.9. The molecule has 2 heterocycles. The molecule has 26 heavy (non-hydrogen) atoms. The third-order valence-corrected chi connectivity index (χ3v) is 4.81. The van der Waals surface area contributed by atoms with Crippen molar-refractivity contribution in [3.8, 4) is 11.5 Å². The van der Waals surface area contributed by atoms with Gasteiger partial charge in [-0.15, -0.1) is 0 Å². The monoisotopic (exact) mass is 352 g/mol. The molecule has 1 aliphatic rings. The van der Waals surface area contributed by atoms with Crippen molar-refractivity contribution in [2.45, 2.75) is 26.5 Å². The second kappa shape index (κ2) is 6.84. The van der Waals surface area contributed by atoms with Gasteiger partial charge in [0.05, 0.1) is 0 Å². The number of quaternary nitrogens is 1. The Bertz CT molecular complexity index is 1010. The van der Waals surface area contributed by atoms with Crippen LogP contribution in [0, 0.1) is 13.8 Å². The Morgan fingerprint density at radius 3 is 2.69 bits per heavy atom. The van der Waals surface area contributed by atoms with E-state index in [1.165, 1.54) is 5.56 Å². The third kappa shape index (κ3) is 3.30. The van der Waals surface area contributed by atoms with Gasteiger partial charge in [-0.05, 0) is 49.2 Å². The van der Waals surface area contributed by atoms with Crippen molar-refractivity contribution >= 4 is 11.0 Å². The first-order chi connectivity index (χ1) is 12.6. The molecule has 3 aromatic rings. The van der Waals surface area contributed by atoms with Crippen molar-refractivity contribution < 1.29 is 19.2 Å². The highest BCUT2D eigenvalue weighted by Crippen LogP contribution is 2.30. The smallest absolute Gasteiger partial charge is 0.336 e. The zero-order valence-electron chi connectivity index (χ0n) is 15.0. The Kier molecular flexibility index (Phi) is 4.39. The Morgan fingerprint density at radius 1 is 1.08 bits per heavy atom. The van der Waals surface area contributed by atoms with E-state index in [1.807, 2.05) is 37.3 Å². The van der Waals surface area contributed by atoms with Gasteiger partial charge in [0.1, 0.15) is 25.3 Å². The first-order valence-corrected chi connectivity index (χ1v) is 8.84. The van der Waals surface area contributed by atoms with Crippen LogP contribution in [0.15, 0.2) is 51.7 Å². The first kappa shape index (κ1) is 16.7. The summed E-state index contributed by atoms with van der Waals surface area (Å²) in [6.45, 7) is 6.06. The maximum atomic E-state index is 11.9. The van der Waals surface area contributed by atoms with Gasteiger partial charge in [0.2, 0.25) is 0 Å². The van der Waals surface area contributed by atoms with Crippen molar-refractivity contribution in [3.05, 3.63) is 69.6 Å². The lowest BCUT2D eigenvalue weighted by Gasteiger charge is -2.25. The molecule has 0 aliphatic carbocycles. The lowest BCUT2D eigenvalue weighted by Crippen LogP contribution is -2.85. The lowest BCUT2D eigenvalue weighted by molar-refractivity contribution is -0.675. The van der Waals surface area contributed by atoms with E-state index in [0.29, 0.717) is 18.7 Å². The minimum Gasteiger partial charge on any atom is -0.486 e. The summed E-state index contributed by atoms with van der Waals surface area (Å²) in [4.78, 5) is 11.9. The molecule has 1 atom stereocenters. The highest BCUT2D eigenvalue weighted by molar-refractivity contribution is 5.81. The number of para-hydroxylation sites is 2. The van der Waals surface area contributed by atoms with Gasteiger partial charge in [0, 0.05) is 17.0 Å². The largest absolute Gasteiger partial charge is 0.486 e. The predicted molar refractivity (Wildman–Crippen MR) is 98.8 cm³/mol. The van der Waals surface area contributed by atoms with Crippen molar-refractivity contribution in [2.75, 3.05) is 13.2 Å². The summed E-state index contributed by atoms with van der Waals surface area (Å²) in [6, 6.07) is 13.3.